The number of urea groups is 1. The highest BCUT2D eigenvalue weighted by Gasteiger charge is 2.37. The third-order valence-corrected chi connectivity index (χ3v) is 4.14. The van der Waals surface area contributed by atoms with Crippen LogP contribution in [-0.2, 0) is 9.47 Å². The number of carbonyl (C=O) groups is 1. The van der Waals surface area contributed by atoms with Gasteiger partial charge in [-0.2, -0.15) is 0 Å². The molecule has 0 aromatic carbocycles. The van der Waals surface area contributed by atoms with Gasteiger partial charge in [-0.3, -0.25) is 0 Å². The summed E-state index contributed by atoms with van der Waals surface area (Å²) < 4.78 is 10.7. The average Bonchev–Trinajstić information content (AvgIpc) is 2.37. The number of nitrogens with zero attached hydrogens (tertiary/aromatic N) is 1. The van der Waals surface area contributed by atoms with E-state index in [0.29, 0.717) is 19.8 Å². The highest BCUT2D eigenvalue weighted by atomic mass is 16.5. The molecule has 1 atom stereocenters. The van der Waals surface area contributed by atoms with E-state index >= 15 is 0 Å². The van der Waals surface area contributed by atoms with Gasteiger partial charge in [-0.25, -0.2) is 4.79 Å². The van der Waals surface area contributed by atoms with Crippen molar-refractivity contribution >= 4 is 6.03 Å². The van der Waals surface area contributed by atoms with Crippen LogP contribution in [0, 0.1) is 5.41 Å². The minimum atomic E-state index is 0.0462. The molecule has 1 unspecified atom stereocenters. The van der Waals surface area contributed by atoms with Gasteiger partial charge in [0.05, 0.1) is 32.5 Å². The zero-order valence-electron chi connectivity index (χ0n) is 11.4. The van der Waals surface area contributed by atoms with Gasteiger partial charge in [0.15, 0.2) is 0 Å². The molecule has 2 saturated heterocycles. The lowest BCUT2D eigenvalue weighted by molar-refractivity contribution is -0.112. The fourth-order valence-corrected chi connectivity index (χ4v) is 2.45. The van der Waals surface area contributed by atoms with Gasteiger partial charge in [-0.15, -0.1) is 0 Å². The first kappa shape index (κ1) is 13.6. The fourth-order valence-electron chi connectivity index (χ4n) is 2.45. The van der Waals surface area contributed by atoms with E-state index in [1.54, 1.807) is 0 Å². The van der Waals surface area contributed by atoms with Gasteiger partial charge in [0.2, 0.25) is 0 Å². The van der Waals surface area contributed by atoms with Gasteiger partial charge in [0.1, 0.15) is 0 Å². The number of carbonyl (C=O) groups excluding carboxylic acids is 1. The molecule has 2 rings (SSSR count). The molecule has 0 saturated carbocycles. The number of nitrogens with one attached hydrogen (secondary N) is 1. The van der Waals surface area contributed by atoms with E-state index in [1.807, 2.05) is 4.90 Å². The summed E-state index contributed by atoms with van der Waals surface area (Å²) in [6.45, 7) is 8.49. The van der Waals surface area contributed by atoms with E-state index in [0.717, 1.165) is 32.6 Å². The van der Waals surface area contributed by atoms with E-state index in [-0.39, 0.29) is 17.5 Å². The number of ether oxygens (including phenoxy) is 2. The van der Waals surface area contributed by atoms with Crippen LogP contribution in [0.3, 0.4) is 0 Å². The molecule has 0 aliphatic carbocycles. The maximum atomic E-state index is 12.2. The second kappa shape index (κ2) is 5.89. The molecule has 2 aliphatic rings. The van der Waals surface area contributed by atoms with Gasteiger partial charge >= 0.3 is 6.03 Å². The topological polar surface area (TPSA) is 50.8 Å². The Morgan fingerprint density at radius 3 is 2.72 bits per heavy atom. The van der Waals surface area contributed by atoms with Crippen molar-refractivity contribution in [3.05, 3.63) is 0 Å². The van der Waals surface area contributed by atoms with Gasteiger partial charge in [-0.1, -0.05) is 13.8 Å². The zero-order valence-corrected chi connectivity index (χ0v) is 11.4. The van der Waals surface area contributed by atoms with Crippen molar-refractivity contribution in [3.63, 3.8) is 0 Å². The van der Waals surface area contributed by atoms with Crippen LogP contribution in [0.1, 0.15) is 26.7 Å². The first-order chi connectivity index (χ1) is 8.71. The monoisotopic (exact) mass is 256 g/mol. The molecule has 2 heterocycles. The Kier molecular flexibility index (Phi) is 4.45. The van der Waals surface area contributed by atoms with E-state index in [2.05, 4.69) is 19.2 Å². The molecule has 0 spiro atoms. The Hall–Kier alpha value is -0.810. The van der Waals surface area contributed by atoms with Crippen molar-refractivity contribution in [3.8, 4) is 0 Å². The van der Waals surface area contributed by atoms with Crippen molar-refractivity contribution in [2.75, 3.05) is 39.5 Å². The summed E-state index contributed by atoms with van der Waals surface area (Å²) in [5.41, 5.74) is 0.170. The normalized spacial score (nSPS) is 26.6. The molecule has 2 amide bonds. The predicted octanol–water partition coefficient (Wildman–Crippen LogP) is 1.23. The molecule has 0 aromatic rings. The van der Waals surface area contributed by atoms with Crippen molar-refractivity contribution in [1.29, 1.82) is 0 Å². The van der Waals surface area contributed by atoms with Crippen molar-refractivity contribution < 1.29 is 14.3 Å². The van der Waals surface area contributed by atoms with Crippen molar-refractivity contribution in [2.24, 2.45) is 5.41 Å². The third kappa shape index (κ3) is 2.78. The summed E-state index contributed by atoms with van der Waals surface area (Å²) in [6.07, 6.45) is 1.99. The lowest BCUT2D eigenvalue weighted by Gasteiger charge is -2.42. The van der Waals surface area contributed by atoms with Crippen LogP contribution in [0.15, 0.2) is 0 Å². The van der Waals surface area contributed by atoms with E-state index < -0.39 is 0 Å². The highest BCUT2D eigenvalue weighted by Crippen LogP contribution is 2.30. The number of rotatable bonds is 4. The van der Waals surface area contributed by atoms with Crippen LogP contribution >= 0.6 is 0 Å². The van der Waals surface area contributed by atoms with Crippen LogP contribution in [0.2, 0.25) is 0 Å². The first-order valence-corrected chi connectivity index (χ1v) is 6.91. The Bertz CT molecular complexity index is 286. The summed E-state index contributed by atoms with van der Waals surface area (Å²) in [5.74, 6) is 0. The molecule has 0 aromatic heterocycles. The van der Waals surface area contributed by atoms with Crippen molar-refractivity contribution in [2.45, 2.75) is 32.7 Å². The summed E-state index contributed by atoms with van der Waals surface area (Å²) in [5, 5.41) is 3.06. The minimum Gasteiger partial charge on any atom is -0.380 e. The van der Waals surface area contributed by atoms with E-state index in [9.17, 15) is 4.79 Å². The molecule has 18 heavy (non-hydrogen) atoms. The quantitative estimate of drug-likeness (QED) is 0.823. The van der Waals surface area contributed by atoms with Gasteiger partial charge in [0.25, 0.3) is 0 Å². The first-order valence-electron chi connectivity index (χ1n) is 6.91. The largest absolute Gasteiger partial charge is 0.380 e. The lowest BCUT2D eigenvalue weighted by atomic mass is 9.83. The summed E-state index contributed by atoms with van der Waals surface area (Å²) in [6, 6.07) is 0.263. The molecule has 2 fully saturated rings. The number of hydrogen-bond acceptors (Lipinski definition) is 3. The van der Waals surface area contributed by atoms with E-state index in [1.165, 1.54) is 0 Å². The van der Waals surface area contributed by atoms with Crippen LogP contribution < -0.4 is 5.32 Å². The van der Waals surface area contributed by atoms with Crippen molar-refractivity contribution in [1.82, 2.24) is 10.2 Å². The molecule has 5 heteroatoms. The Morgan fingerprint density at radius 2 is 2.17 bits per heavy atom. The van der Waals surface area contributed by atoms with Crippen LogP contribution in [0.5, 0.6) is 0 Å². The van der Waals surface area contributed by atoms with Crippen LogP contribution in [-0.4, -0.2) is 56.5 Å². The summed E-state index contributed by atoms with van der Waals surface area (Å²) in [7, 11) is 0. The molecule has 104 valence electrons. The molecule has 2 aliphatic heterocycles. The fraction of sp³-hybridized carbons (Fsp3) is 0.923. The summed E-state index contributed by atoms with van der Waals surface area (Å²) >= 11 is 0. The van der Waals surface area contributed by atoms with Gasteiger partial charge < -0.3 is 19.7 Å². The lowest BCUT2D eigenvalue weighted by Crippen LogP contribution is -2.56. The number of amides is 2. The Morgan fingerprint density at radius 1 is 1.39 bits per heavy atom. The maximum Gasteiger partial charge on any atom is 0.317 e. The molecule has 0 bridgehead atoms. The number of hydrogen-bond donors (Lipinski definition) is 1. The zero-order chi connectivity index (χ0) is 13.0. The second-order valence-corrected chi connectivity index (χ2v) is 5.34. The van der Waals surface area contributed by atoms with Crippen LogP contribution in [0.4, 0.5) is 4.79 Å². The predicted molar refractivity (Wildman–Crippen MR) is 68.5 cm³/mol. The summed E-state index contributed by atoms with van der Waals surface area (Å²) in [4.78, 5) is 14.1. The molecule has 0 radical (unpaired) electrons. The molecular formula is C13H24N2O3. The average molecular weight is 256 g/mol. The molecule has 1 N–H and O–H groups in total. The van der Waals surface area contributed by atoms with Gasteiger partial charge in [-0.05, 0) is 12.8 Å². The third-order valence-electron chi connectivity index (χ3n) is 4.14. The standard InChI is InChI=1S/C13H24N2O3/c1-3-11-7-17-6-5-15(11)12(16)14-8-13(4-2)9-18-10-13/h11H,3-10H2,1-2H3,(H,14,16). The maximum absolute atomic E-state index is 12.2. The minimum absolute atomic E-state index is 0.0462. The highest BCUT2D eigenvalue weighted by molar-refractivity contribution is 5.74. The van der Waals surface area contributed by atoms with Gasteiger partial charge in [0, 0.05) is 18.5 Å². The van der Waals surface area contributed by atoms with Crippen LogP contribution in [0.25, 0.3) is 0 Å². The molecular weight excluding hydrogens is 232 g/mol. The van der Waals surface area contributed by atoms with E-state index in [4.69, 9.17) is 9.47 Å². The SMILES string of the molecule is CCC1COCCN1C(=O)NCC1(CC)COC1. The smallest absolute Gasteiger partial charge is 0.317 e. The Labute approximate surface area is 109 Å². The second-order valence-electron chi connectivity index (χ2n) is 5.34. The number of morpholine rings is 1. The Balaban J connectivity index is 1.83. The molecule has 5 nitrogen and oxygen atoms in total.